The molecule has 1 aromatic carbocycles. The second-order valence-corrected chi connectivity index (χ2v) is 6.30. The van der Waals surface area contributed by atoms with E-state index in [1.165, 1.54) is 23.9 Å². The van der Waals surface area contributed by atoms with Crippen molar-refractivity contribution in [3.05, 3.63) is 30.1 Å². The van der Waals surface area contributed by atoms with Crippen molar-refractivity contribution in [1.82, 2.24) is 20.2 Å². The van der Waals surface area contributed by atoms with Crippen LogP contribution in [-0.2, 0) is 10.3 Å². The van der Waals surface area contributed by atoms with Crippen LogP contribution in [0.3, 0.4) is 0 Å². The van der Waals surface area contributed by atoms with Gasteiger partial charge in [0, 0.05) is 0 Å². The Kier molecular flexibility index (Phi) is 4.56. The van der Waals surface area contributed by atoms with Crippen molar-refractivity contribution in [3.8, 4) is 0 Å². The van der Waals surface area contributed by atoms with E-state index in [0.717, 1.165) is 0 Å². The van der Waals surface area contributed by atoms with E-state index in [9.17, 15) is 9.18 Å². The number of benzene rings is 1. The molecule has 2 rings (SSSR count). The molecule has 0 fully saturated rings. The fourth-order valence-corrected chi connectivity index (χ4v) is 2.43. The summed E-state index contributed by atoms with van der Waals surface area (Å²) in [6, 6.07) is 6.03. The molecule has 0 aliphatic rings. The topological polar surface area (TPSA) is 72.7 Å². The number of amides is 1. The van der Waals surface area contributed by atoms with Gasteiger partial charge < -0.3 is 5.32 Å². The third-order valence-electron chi connectivity index (χ3n) is 2.56. The third-order valence-corrected chi connectivity index (χ3v) is 3.48. The standard InChI is InChI=1S/C13H16FN5OS/c1-13(2,3)19-12(16-17-18-19)21-8-11(20)15-10-7-5-4-6-9(10)14/h4-7H,8H2,1-3H3,(H,15,20). The molecule has 0 unspecified atom stereocenters. The lowest BCUT2D eigenvalue weighted by Crippen LogP contribution is -2.24. The van der Waals surface area contributed by atoms with Gasteiger partial charge in [-0.1, -0.05) is 23.9 Å². The normalized spacial score (nSPS) is 11.4. The van der Waals surface area contributed by atoms with Crippen LogP contribution < -0.4 is 5.32 Å². The van der Waals surface area contributed by atoms with Crippen LogP contribution in [0.25, 0.3) is 0 Å². The Morgan fingerprint density at radius 1 is 1.38 bits per heavy atom. The minimum atomic E-state index is -0.463. The van der Waals surface area contributed by atoms with Crippen LogP contribution in [0.2, 0.25) is 0 Å². The quantitative estimate of drug-likeness (QED) is 0.877. The summed E-state index contributed by atoms with van der Waals surface area (Å²) in [6.45, 7) is 5.90. The Balaban J connectivity index is 1.96. The van der Waals surface area contributed by atoms with Crippen molar-refractivity contribution in [1.29, 1.82) is 0 Å². The molecule has 0 radical (unpaired) electrons. The van der Waals surface area contributed by atoms with Crippen molar-refractivity contribution < 1.29 is 9.18 Å². The number of carbonyl (C=O) groups is 1. The average Bonchev–Trinajstić information content (AvgIpc) is 2.87. The van der Waals surface area contributed by atoms with Crippen LogP contribution in [0.1, 0.15) is 20.8 Å². The molecule has 1 aromatic heterocycles. The minimum Gasteiger partial charge on any atom is -0.323 e. The van der Waals surface area contributed by atoms with Gasteiger partial charge >= 0.3 is 0 Å². The van der Waals surface area contributed by atoms with Gasteiger partial charge in [-0.3, -0.25) is 4.79 Å². The predicted octanol–water partition coefficient (Wildman–Crippen LogP) is 2.30. The van der Waals surface area contributed by atoms with Gasteiger partial charge in [0.2, 0.25) is 11.1 Å². The van der Waals surface area contributed by atoms with Crippen molar-refractivity contribution >= 4 is 23.4 Å². The summed E-state index contributed by atoms with van der Waals surface area (Å²) in [7, 11) is 0. The first-order chi connectivity index (χ1) is 9.88. The molecule has 0 atom stereocenters. The summed E-state index contributed by atoms with van der Waals surface area (Å²) in [5.74, 6) is -0.672. The number of anilines is 1. The first kappa shape index (κ1) is 15.4. The minimum absolute atomic E-state index is 0.102. The Hall–Kier alpha value is -1.96. The zero-order valence-corrected chi connectivity index (χ0v) is 12.8. The number of halogens is 1. The molecular formula is C13H16FN5OS. The highest BCUT2D eigenvalue weighted by Gasteiger charge is 2.20. The molecule has 1 heterocycles. The van der Waals surface area contributed by atoms with Crippen LogP contribution in [0.5, 0.6) is 0 Å². The predicted molar refractivity (Wildman–Crippen MR) is 78.6 cm³/mol. The Bertz CT molecular complexity index is 637. The zero-order valence-electron chi connectivity index (χ0n) is 12.0. The van der Waals surface area contributed by atoms with Gasteiger partial charge in [-0.05, 0) is 43.3 Å². The zero-order chi connectivity index (χ0) is 15.5. The lowest BCUT2D eigenvalue weighted by atomic mass is 10.1. The van der Waals surface area contributed by atoms with Gasteiger partial charge in [0.25, 0.3) is 0 Å². The molecule has 2 aromatic rings. The molecule has 1 amide bonds. The maximum Gasteiger partial charge on any atom is 0.234 e. The molecule has 0 bridgehead atoms. The van der Waals surface area contributed by atoms with E-state index < -0.39 is 5.82 Å². The lowest BCUT2D eigenvalue weighted by Gasteiger charge is -2.19. The molecule has 112 valence electrons. The summed E-state index contributed by atoms with van der Waals surface area (Å²) in [5, 5.41) is 14.5. The first-order valence-corrected chi connectivity index (χ1v) is 7.32. The Morgan fingerprint density at radius 2 is 2.10 bits per heavy atom. The van der Waals surface area contributed by atoms with Gasteiger partial charge in [0.05, 0.1) is 17.0 Å². The molecule has 0 spiro atoms. The number of rotatable bonds is 4. The third kappa shape index (κ3) is 4.01. The SMILES string of the molecule is CC(C)(C)n1nnnc1SCC(=O)Nc1ccccc1F. The lowest BCUT2D eigenvalue weighted by molar-refractivity contribution is -0.113. The molecule has 0 aliphatic carbocycles. The van der Waals surface area contributed by atoms with Crippen LogP contribution in [-0.4, -0.2) is 31.9 Å². The second kappa shape index (κ2) is 6.21. The maximum absolute atomic E-state index is 13.4. The van der Waals surface area contributed by atoms with E-state index in [4.69, 9.17) is 0 Å². The van der Waals surface area contributed by atoms with Gasteiger partial charge in [0.15, 0.2) is 0 Å². The average molecular weight is 309 g/mol. The number of carbonyl (C=O) groups excluding carboxylic acids is 1. The molecular weight excluding hydrogens is 293 g/mol. The number of tetrazole rings is 1. The second-order valence-electron chi connectivity index (χ2n) is 5.36. The highest BCUT2D eigenvalue weighted by Crippen LogP contribution is 2.21. The fourth-order valence-electron chi connectivity index (χ4n) is 1.57. The van der Waals surface area contributed by atoms with Crippen molar-refractivity contribution in [2.75, 3.05) is 11.1 Å². The summed E-state index contributed by atoms with van der Waals surface area (Å²) >= 11 is 1.21. The first-order valence-electron chi connectivity index (χ1n) is 6.34. The number of nitrogens with one attached hydrogen (secondary N) is 1. The molecule has 0 saturated heterocycles. The van der Waals surface area contributed by atoms with Gasteiger partial charge in [0.1, 0.15) is 5.82 Å². The van der Waals surface area contributed by atoms with E-state index in [1.807, 2.05) is 20.8 Å². The molecule has 6 nitrogen and oxygen atoms in total. The molecule has 1 N–H and O–H groups in total. The van der Waals surface area contributed by atoms with E-state index in [-0.39, 0.29) is 22.9 Å². The number of aromatic nitrogens is 4. The van der Waals surface area contributed by atoms with Crippen LogP contribution in [0.15, 0.2) is 29.4 Å². The summed E-state index contributed by atoms with van der Waals surface area (Å²) in [5.41, 5.74) is -0.105. The van der Waals surface area contributed by atoms with Crippen molar-refractivity contribution in [2.45, 2.75) is 31.5 Å². The molecule has 21 heavy (non-hydrogen) atoms. The highest BCUT2D eigenvalue weighted by atomic mass is 32.2. The van der Waals surface area contributed by atoms with E-state index in [2.05, 4.69) is 20.8 Å². The number of nitrogens with zero attached hydrogens (tertiary/aromatic N) is 4. The van der Waals surface area contributed by atoms with Gasteiger partial charge in [-0.15, -0.1) is 5.10 Å². The van der Waals surface area contributed by atoms with Crippen molar-refractivity contribution in [3.63, 3.8) is 0 Å². The molecule has 0 aliphatic heterocycles. The number of hydrogen-bond acceptors (Lipinski definition) is 5. The van der Waals surface area contributed by atoms with Gasteiger partial charge in [-0.2, -0.15) is 0 Å². The summed E-state index contributed by atoms with van der Waals surface area (Å²) < 4.78 is 15.1. The Labute approximate surface area is 126 Å². The number of para-hydroxylation sites is 1. The van der Waals surface area contributed by atoms with Crippen LogP contribution in [0, 0.1) is 5.82 Å². The van der Waals surface area contributed by atoms with Crippen LogP contribution in [0.4, 0.5) is 10.1 Å². The van der Waals surface area contributed by atoms with E-state index >= 15 is 0 Å². The number of thioether (sulfide) groups is 1. The fraction of sp³-hybridized carbons (Fsp3) is 0.385. The summed E-state index contributed by atoms with van der Waals surface area (Å²) in [6.07, 6.45) is 0. The van der Waals surface area contributed by atoms with E-state index in [1.54, 1.807) is 16.8 Å². The smallest absolute Gasteiger partial charge is 0.234 e. The van der Waals surface area contributed by atoms with Gasteiger partial charge in [-0.25, -0.2) is 9.07 Å². The largest absolute Gasteiger partial charge is 0.323 e. The Morgan fingerprint density at radius 3 is 2.76 bits per heavy atom. The number of hydrogen-bond donors (Lipinski definition) is 1. The maximum atomic E-state index is 13.4. The highest BCUT2D eigenvalue weighted by molar-refractivity contribution is 7.99. The van der Waals surface area contributed by atoms with E-state index in [0.29, 0.717) is 5.16 Å². The monoisotopic (exact) mass is 309 g/mol. The summed E-state index contributed by atoms with van der Waals surface area (Å²) in [4.78, 5) is 11.8. The molecule has 0 saturated carbocycles. The van der Waals surface area contributed by atoms with Crippen molar-refractivity contribution in [2.24, 2.45) is 0 Å². The van der Waals surface area contributed by atoms with Crippen LogP contribution >= 0.6 is 11.8 Å². The molecule has 8 heteroatoms.